The van der Waals surface area contributed by atoms with Gasteiger partial charge in [-0.1, -0.05) is 18.2 Å². The summed E-state index contributed by atoms with van der Waals surface area (Å²) in [6.45, 7) is 2.20. The number of likely N-dealkylation sites (tertiary alicyclic amines) is 1. The molecule has 1 aliphatic carbocycles. The first-order valence-corrected chi connectivity index (χ1v) is 12.7. The van der Waals surface area contributed by atoms with Gasteiger partial charge >= 0.3 is 18.3 Å². The first-order valence-electron chi connectivity index (χ1n) is 12.7. The molecule has 0 unspecified atom stereocenters. The van der Waals surface area contributed by atoms with Gasteiger partial charge in [0, 0.05) is 13.0 Å². The monoisotopic (exact) mass is 531 g/mol. The highest BCUT2D eigenvalue weighted by Crippen LogP contribution is 2.44. The van der Waals surface area contributed by atoms with Crippen molar-refractivity contribution in [2.24, 2.45) is 11.8 Å². The molecule has 0 atom stereocenters. The zero-order valence-corrected chi connectivity index (χ0v) is 20.4. The van der Waals surface area contributed by atoms with Crippen molar-refractivity contribution >= 4 is 16.7 Å². The van der Waals surface area contributed by atoms with Crippen LogP contribution in [0.1, 0.15) is 62.5 Å². The van der Waals surface area contributed by atoms with E-state index < -0.39 is 35.9 Å². The smallest absolute Gasteiger partial charge is 0.420 e. The van der Waals surface area contributed by atoms with Crippen LogP contribution in [0, 0.1) is 11.8 Å². The van der Waals surface area contributed by atoms with E-state index in [4.69, 9.17) is 9.84 Å². The number of piperidine rings is 1. The number of ether oxygens (including phenoxy) is 1. The van der Waals surface area contributed by atoms with Crippen molar-refractivity contribution in [2.75, 3.05) is 13.1 Å². The van der Waals surface area contributed by atoms with Gasteiger partial charge in [-0.15, -0.1) is 0 Å². The zero-order valence-electron chi connectivity index (χ0n) is 20.4. The second kappa shape index (κ2) is 11.1. The Morgan fingerprint density at radius 2 is 1.62 bits per heavy atom. The van der Waals surface area contributed by atoms with Crippen molar-refractivity contribution in [2.45, 2.75) is 76.4 Å². The molecule has 4 nitrogen and oxygen atoms in total. The molecule has 0 spiro atoms. The highest BCUT2D eigenvalue weighted by atomic mass is 19.4. The number of hydrogen-bond donors (Lipinski definition) is 1. The molecule has 0 bridgehead atoms. The average Bonchev–Trinajstić information content (AvgIpc) is 2.82. The Hall–Kier alpha value is -2.49. The van der Waals surface area contributed by atoms with E-state index >= 15 is 0 Å². The fraction of sp³-hybridized carbons (Fsp3) is 0.593. The number of alkyl halides is 6. The average molecular weight is 532 g/mol. The first kappa shape index (κ1) is 27.5. The van der Waals surface area contributed by atoms with Crippen LogP contribution in [0.3, 0.4) is 0 Å². The van der Waals surface area contributed by atoms with Crippen LogP contribution in [0.15, 0.2) is 30.3 Å². The Balaban J connectivity index is 1.45. The number of aliphatic carboxylic acids is 1. The summed E-state index contributed by atoms with van der Waals surface area (Å²) in [5, 5.41) is 9.29. The minimum Gasteiger partial charge on any atom is -0.490 e. The third-order valence-corrected chi connectivity index (χ3v) is 7.64. The summed E-state index contributed by atoms with van der Waals surface area (Å²) in [7, 11) is 0. The number of benzene rings is 2. The first-order chi connectivity index (χ1) is 17.4. The Bertz CT molecular complexity index is 1080. The Morgan fingerprint density at radius 3 is 2.22 bits per heavy atom. The molecular weight excluding hydrogens is 500 g/mol. The highest BCUT2D eigenvalue weighted by Gasteiger charge is 2.42. The summed E-state index contributed by atoms with van der Waals surface area (Å²) in [4.78, 5) is 13.0. The van der Waals surface area contributed by atoms with Crippen LogP contribution in [-0.2, 0) is 17.5 Å². The molecule has 0 amide bonds. The van der Waals surface area contributed by atoms with Crippen LogP contribution in [0.4, 0.5) is 26.3 Å². The molecule has 204 valence electrons. The summed E-state index contributed by atoms with van der Waals surface area (Å²) >= 11 is 0. The predicted molar refractivity (Wildman–Crippen MR) is 126 cm³/mol. The zero-order chi connectivity index (χ0) is 26.8. The topological polar surface area (TPSA) is 49.8 Å². The molecule has 4 rings (SSSR count). The van der Waals surface area contributed by atoms with E-state index in [0.29, 0.717) is 24.3 Å². The second-order valence-electron chi connectivity index (χ2n) is 10.3. The van der Waals surface area contributed by atoms with Gasteiger partial charge in [0.05, 0.1) is 12.0 Å². The van der Waals surface area contributed by atoms with Crippen molar-refractivity contribution in [1.29, 1.82) is 0 Å². The number of fused-ring (bicyclic) bond motifs is 1. The molecule has 37 heavy (non-hydrogen) atoms. The van der Waals surface area contributed by atoms with E-state index in [1.165, 1.54) is 12.1 Å². The van der Waals surface area contributed by atoms with Crippen molar-refractivity contribution in [3.05, 3.63) is 41.5 Å². The van der Waals surface area contributed by atoms with E-state index in [0.717, 1.165) is 31.5 Å². The van der Waals surface area contributed by atoms with Crippen molar-refractivity contribution in [3.8, 4) is 5.75 Å². The standard InChI is InChI=1S/C27H31F6NO3/c28-26(29,30)20-4-6-21(7-5-20)37-23-9-3-19-15-18(1-8-22(19)25(23)27(31,32)33)16-34-13-11-17(12-14-34)2-10-24(35)36/h1,3,8-9,15,17,20-21H,2,4-7,10-14,16H2,(H,35,36). The Labute approximate surface area is 211 Å². The number of hydrogen-bond acceptors (Lipinski definition) is 3. The van der Waals surface area contributed by atoms with Crippen LogP contribution in [-0.4, -0.2) is 41.3 Å². The summed E-state index contributed by atoms with van der Waals surface area (Å²) in [6, 6.07) is 7.70. The highest BCUT2D eigenvalue weighted by molar-refractivity contribution is 5.89. The summed E-state index contributed by atoms with van der Waals surface area (Å²) < 4.78 is 86.7. The Morgan fingerprint density at radius 1 is 0.946 bits per heavy atom. The molecule has 2 aliphatic rings. The molecule has 2 fully saturated rings. The van der Waals surface area contributed by atoms with Crippen molar-refractivity contribution in [3.63, 3.8) is 0 Å². The van der Waals surface area contributed by atoms with Crippen LogP contribution in [0.5, 0.6) is 5.75 Å². The normalized spacial score (nSPS) is 22.3. The van der Waals surface area contributed by atoms with Crippen LogP contribution < -0.4 is 4.74 Å². The van der Waals surface area contributed by atoms with Gasteiger partial charge in [0.25, 0.3) is 0 Å². The number of carbonyl (C=O) groups is 1. The Kier molecular flexibility index (Phi) is 8.26. The maximum atomic E-state index is 14.1. The molecule has 0 radical (unpaired) electrons. The third-order valence-electron chi connectivity index (χ3n) is 7.64. The minimum atomic E-state index is -4.68. The van der Waals surface area contributed by atoms with Crippen LogP contribution in [0.2, 0.25) is 0 Å². The van der Waals surface area contributed by atoms with E-state index in [1.807, 2.05) is 0 Å². The number of rotatable bonds is 7. The summed E-state index contributed by atoms with van der Waals surface area (Å²) in [5.41, 5.74) is -0.0162. The molecular formula is C27H31F6NO3. The fourth-order valence-electron chi connectivity index (χ4n) is 5.55. The molecule has 1 saturated carbocycles. The quantitative estimate of drug-likeness (QED) is 0.378. The second-order valence-corrected chi connectivity index (χ2v) is 10.3. The lowest BCUT2D eigenvalue weighted by Gasteiger charge is -2.32. The minimum absolute atomic E-state index is 0.00473. The van der Waals surface area contributed by atoms with Gasteiger partial charge in [-0.3, -0.25) is 9.69 Å². The number of halogens is 6. The van der Waals surface area contributed by atoms with Gasteiger partial charge < -0.3 is 9.84 Å². The maximum absolute atomic E-state index is 14.1. The summed E-state index contributed by atoms with van der Waals surface area (Å²) in [6.07, 6.45) is -7.23. The molecule has 0 aromatic heterocycles. The lowest BCUT2D eigenvalue weighted by Crippen LogP contribution is -2.33. The fourth-order valence-corrected chi connectivity index (χ4v) is 5.55. The van der Waals surface area contributed by atoms with E-state index in [-0.39, 0.29) is 43.2 Å². The van der Waals surface area contributed by atoms with Gasteiger partial charge in [0.15, 0.2) is 0 Å². The van der Waals surface area contributed by atoms with Crippen molar-refractivity contribution in [1.82, 2.24) is 4.90 Å². The molecule has 2 aromatic carbocycles. The molecule has 2 aromatic rings. The predicted octanol–water partition coefficient (Wildman–Crippen LogP) is 7.44. The lowest BCUT2D eigenvalue weighted by atomic mass is 9.87. The van der Waals surface area contributed by atoms with Gasteiger partial charge in [-0.05, 0) is 92.4 Å². The summed E-state index contributed by atoms with van der Waals surface area (Å²) in [5.74, 6) is -2.19. The van der Waals surface area contributed by atoms with E-state index in [1.54, 1.807) is 18.2 Å². The van der Waals surface area contributed by atoms with Gasteiger partial charge in [-0.2, -0.15) is 26.3 Å². The van der Waals surface area contributed by atoms with Gasteiger partial charge in [0.2, 0.25) is 0 Å². The van der Waals surface area contributed by atoms with Gasteiger partial charge in [0.1, 0.15) is 11.3 Å². The van der Waals surface area contributed by atoms with Crippen LogP contribution in [0.25, 0.3) is 10.8 Å². The largest absolute Gasteiger partial charge is 0.490 e. The van der Waals surface area contributed by atoms with E-state index in [2.05, 4.69) is 4.90 Å². The third kappa shape index (κ3) is 7.09. The molecule has 1 saturated heterocycles. The molecule has 1 heterocycles. The number of carboxylic acids is 1. The van der Waals surface area contributed by atoms with E-state index in [9.17, 15) is 31.1 Å². The molecule has 1 aliphatic heterocycles. The number of nitrogens with zero attached hydrogens (tertiary/aromatic N) is 1. The van der Waals surface area contributed by atoms with Crippen molar-refractivity contribution < 1.29 is 41.0 Å². The van der Waals surface area contributed by atoms with Gasteiger partial charge in [-0.25, -0.2) is 0 Å². The van der Waals surface area contributed by atoms with Crippen LogP contribution >= 0.6 is 0 Å². The SMILES string of the molecule is O=C(O)CCC1CCN(Cc2ccc3c(C(F)(F)F)c(OC4CCC(C(F)(F)F)CC4)ccc3c2)CC1. The maximum Gasteiger partial charge on any atom is 0.420 e. The number of carboxylic acid groups (broad SMARTS) is 1. The molecule has 1 N–H and O–H groups in total. The lowest BCUT2D eigenvalue weighted by molar-refractivity contribution is -0.185. The molecule has 10 heteroatoms.